The first-order chi connectivity index (χ1) is 5.16. The van der Waals surface area contributed by atoms with E-state index in [1.807, 2.05) is 6.92 Å². The third-order valence-electron chi connectivity index (χ3n) is 1.73. The lowest BCUT2D eigenvalue weighted by molar-refractivity contribution is 0.269. The quantitative estimate of drug-likeness (QED) is 0.786. The van der Waals surface area contributed by atoms with E-state index in [4.69, 9.17) is 10.8 Å². The van der Waals surface area contributed by atoms with Crippen LogP contribution in [0.4, 0.5) is 0 Å². The van der Waals surface area contributed by atoms with Gasteiger partial charge in [-0.15, -0.1) is 24.8 Å². The maximum Gasteiger partial charge on any atom is 0.0853 e. The predicted molar refractivity (Wildman–Crippen MR) is 56.2 cm³/mol. The molecule has 0 fully saturated rings. The Kier molecular flexibility index (Phi) is 7.26. The fourth-order valence-corrected chi connectivity index (χ4v) is 1.05. The van der Waals surface area contributed by atoms with Crippen LogP contribution in [0.15, 0.2) is 6.20 Å². The molecule has 78 valence electrons. The van der Waals surface area contributed by atoms with Crippen LogP contribution in [-0.4, -0.2) is 14.9 Å². The van der Waals surface area contributed by atoms with Gasteiger partial charge in [0.05, 0.1) is 18.5 Å². The Morgan fingerprint density at radius 2 is 2.15 bits per heavy atom. The summed E-state index contributed by atoms with van der Waals surface area (Å²) in [5.41, 5.74) is 7.34. The second kappa shape index (κ2) is 6.21. The molecule has 0 unspecified atom stereocenters. The van der Waals surface area contributed by atoms with Crippen molar-refractivity contribution in [3.05, 3.63) is 17.5 Å². The molecule has 0 aromatic carbocycles. The molecule has 0 saturated carbocycles. The van der Waals surface area contributed by atoms with E-state index in [1.54, 1.807) is 17.9 Å². The largest absolute Gasteiger partial charge is 0.390 e. The van der Waals surface area contributed by atoms with E-state index < -0.39 is 0 Å². The number of rotatable bonds is 2. The summed E-state index contributed by atoms with van der Waals surface area (Å²) in [6.45, 7) is 1.86. The summed E-state index contributed by atoms with van der Waals surface area (Å²) in [6.07, 6.45) is 1.69. The van der Waals surface area contributed by atoms with Gasteiger partial charge in [0.15, 0.2) is 0 Å². The van der Waals surface area contributed by atoms with Crippen molar-refractivity contribution in [3.8, 4) is 0 Å². The third kappa shape index (κ3) is 3.15. The third-order valence-corrected chi connectivity index (χ3v) is 1.73. The first-order valence-corrected chi connectivity index (χ1v) is 3.54. The molecule has 1 atom stereocenters. The Balaban J connectivity index is 0. The molecular weight excluding hydrogens is 213 g/mol. The van der Waals surface area contributed by atoms with Crippen molar-refractivity contribution in [2.45, 2.75) is 19.6 Å². The summed E-state index contributed by atoms with van der Waals surface area (Å²) in [5, 5.41) is 12.9. The molecule has 1 rings (SSSR count). The van der Waals surface area contributed by atoms with Gasteiger partial charge in [-0.1, -0.05) is 0 Å². The SMILES string of the molecule is C[C@@H](N)c1cnn(C)c1CO.Cl.Cl. The molecule has 0 bridgehead atoms. The van der Waals surface area contributed by atoms with Gasteiger partial charge < -0.3 is 10.8 Å². The van der Waals surface area contributed by atoms with E-state index in [9.17, 15) is 0 Å². The van der Waals surface area contributed by atoms with E-state index >= 15 is 0 Å². The van der Waals surface area contributed by atoms with E-state index in [1.165, 1.54) is 0 Å². The molecule has 0 aliphatic carbocycles. The molecule has 0 spiro atoms. The maximum absolute atomic E-state index is 8.92. The molecule has 4 nitrogen and oxygen atoms in total. The van der Waals surface area contributed by atoms with E-state index in [-0.39, 0.29) is 37.5 Å². The molecule has 1 heterocycles. The number of hydrogen-bond acceptors (Lipinski definition) is 3. The summed E-state index contributed by atoms with van der Waals surface area (Å²) >= 11 is 0. The molecule has 1 aromatic heterocycles. The van der Waals surface area contributed by atoms with Gasteiger partial charge in [0.25, 0.3) is 0 Å². The first-order valence-electron chi connectivity index (χ1n) is 3.54. The monoisotopic (exact) mass is 227 g/mol. The van der Waals surface area contributed by atoms with Crippen LogP contribution >= 0.6 is 24.8 Å². The van der Waals surface area contributed by atoms with E-state index in [0.717, 1.165) is 11.3 Å². The summed E-state index contributed by atoms with van der Waals surface area (Å²) < 4.78 is 1.64. The van der Waals surface area contributed by atoms with Crippen molar-refractivity contribution in [1.29, 1.82) is 0 Å². The minimum atomic E-state index is -0.0640. The van der Waals surface area contributed by atoms with Crippen molar-refractivity contribution in [1.82, 2.24) is 9.78 Å². The number of aliphatic hydroxyl groups excluding tert-OH is 1. The molecule has 13 heavy (non-hydrogen) atoms. The number of aryl methyl sites for hydroxylation is 1. The van der Waals surface area contributed by atoms with Crippen LogP contribution in [0.3, 0.4) is 0 Å². The van der Waals surface area contributed by atoms with Gasteiger partial charge >= 0.3 is 0 Å². The minimum Gasteiger partial charge on any atom is -0.390 e. The average Bonchev–Trinajstić information content (AvgIpc) is 2.30. The summed E-state index contributed by atoms with van der Waals surface area (Å²) in [7, 11) is 1.79. The Bertz CT molecular complexity index is 250. The Hall–Kier alpha value is -0.290. The van der Waals surface area contributed by atoms with Gasteiger partial charge in [0.1, 0.15) is 0 Å². The first kappa shape index (κ1) is 15.2. The second-order valence-corrected chi connectivity index (χ2v) is 2.62. The summed E-state index contributed by atoms with van der Waals surface area (Å²) in [6, 6.07) is -0.0640. The van der Waals surface area contributed by atoms with Crippen molar-refractivity contribution < 1.29 is 5.11 Å². The molecule has 1 aromatic rings. The second-order valence-electron chi connectivity index (χ2n) is 2.62. The van der Waals surface area contributed by atoms with Gasteiger partial charge in [0.2, 0.25) is 0 Å². The number of aromatic nitrogens is 2. The zero-order valence-electron chi connectivity index (χ0n) is 7.60. The van der Waals surface area contributed by atoms with Gasteiger partial charge in [-0.2, -0.15) is 5.10 Å². The normalized spacial score (nSPS) is 11.4. The smallest absolute Gasteiger partial charge is 0.0853 e. The number of halogens is 2. The van der Waals surface area contributed by atoms with Gasteiger partial charge in [-0.25, -0.2) is 0 Å². The van der Waals surface area contributed by atoms with Crippen molar-refractivity contribution in [2.75, 3.05) is 0 Å². The fraction of sp³-hybridized carbons (Fsp3) is 0.571. The molecule has 0 radical (unpaired) electrons. The highest BCUT2D eigenvalue weighted by Crippen LogP contribution is 2.13. The standard InChI is InChI=1S/C7H13N3O.2ClH/c1-5(8)6-3-9-10(2)7(6)4-11;;/h3,5,11H,4,8H2,1-2H3;2*1H/t5-;;/m1../s1. The highest BCUT2D eigenvalue weighted by molar-refractivity contribution is 5.85. The molecule has 0 amide bonds. The van der Waals surface area contributed by atoms with Crippen molar-refractivity contribution >= 4 is 24.8 Å². The molecule has 0 aliphatic heterocycles. The van der Waals surface area contributed by atoms with Crippen LogP contribution in [0.1, 0.15) is 24.2 Å². The summed E-state index contributed by atoms with van der Waals surface area (Å²) in [5.74, 6) is 0. The van der Waals surface area contributed by atoms with Crippen LogP contribution in [0, 0.1) is 0 Å². The Morgan fingerprint density at radius 1 is 1.62 bits per heavy atom. The fourth-order valence-electron chi connectivity index (χ4n) is 1.05. The topological polar surface area (TPSA) is 64.1 Å². The number of nitrogens with two attached hydrogens (primary N) is 1. The number of nitrogens with zero attached hydrogens (tertiary/aromatic N) is 2. The van der Waals surface area contributed by atoms with Gasteiger partial charge in [0, 0.05) is 18.7 Å². The van der Waals surface area contributed by atoms with Gasteiger partial charge in [-0.3, -0.25) is 4.68 Å². The highest BCUT2D eigenvalue weighted by atomic mass is 35.5. The number of hydrogen-bond donors (Lipinski definition) is 2. The molecule has 0 saturated heterocycles. The highest BCUT2D eigenvalue weighted by Gasteiger charge is 2.09. The zero-order valence-corrected chi connectivity index (χ0v) is 9.23. The van der Waals surface area contributed by atoms with E-state index in [0.29, 0.717) is 0 Å². The predicted octanol–water partition coefficient (Wildman–Crippen LogP) is 0.776. The van der Waals surface area contributed by atoms with E-state index in [2.05, 4.69) is 5.10 Å². The van der Waals surface area contributed by atoms with Crippen LogP contribution in [0.25, 0.3) is 0 Å². The Labute approximate surface area is 89.9 Å². The lowest BCUT2D eigenvalue weighted by atomic mass is 10.1. The Morgan fingerprint density at radius 3 is 2.46 bits per heavy atom. The van der Waals surface area contributed by atoms with Crippen molar-refractivity contribution in [2.24, 2.45) is 12.8 Å². The van der Waals surface area contributed by atoms with Crippen LogP contribution < -0.4 is 5.73 Å². The summed E-state index contributed by atoms with van der Waals surface area (Å²) in [4.78, 5) is 0. The molecule has 0 aliphatic rings. The molecule has 3 N–H and O–H groups in total. The van der Waals surface area contributed by atoms with Gasteiger partial charge in [-0.05, 0) is 6.92 Å². The van der Waals surface area contributed by atoms with Crippen molar-refractivity contribution in [3.63, 3.8) is 0 Å². The van der Waals surface area contributed by atoms with Crippen LogP contribution in [0.5, 0.6) is 0 Å². The zero-order chi connectivity index (χ0) is 8.43. The number of aliphatic hydroxyl groups is 1. The average molecular weight is 228 g/mol. The van der Waals surface area contributed by atoms with Crippen LogP contribution in [0.2, 0.25) is 0 Å². The molecular formula is C7H15Cl2N3O. The lowest BCUT2D eigenvalue weighted by Gasteiger charge is -2.04. The lowest BCUT2D eigenvalue weighted by Crippen LogP contribution is -2.08. The van der Waals surface area contributed by atoms with Crippen LogP contribution in [-0.2, 0) is 13.7 Å². The minimum absolute atomic E-state index is 0. The molecule has 6 heteroatoms. The maximum atomic E-state index is 8.92.